The molecule has 0 aromatic heterocycles. The zero-order chi connectivity index (χ0) is 21.4. The fraction of sp³-hybridized carbons (Fsp3) is 0.333. The van der Waals surface area contributed by atoms with Gasteiger partial charge in [-0.1, -0.05) is 0 Å². The van der Waals surface area contributed by atoms with E-state index in [2.05, 4.69) is 10.5 Å². The molecule has 0 radical (unpaired) electrons. The Bertz CT molecular complexity index is 854. The second-order valence-electron chi connectivity index (χ2n) is 6.19. The number of hydrogen-bond acceptors (Lipinski definition) is 7. The first-order valence-electron chi connectivity index (χ1n) is 8.91. The van der Waals surface area contributed by atoms with E-state index in [-0.39, 0.29) is 12.0 Å². The van der Waals surface area contributed by atoms with E-state index in [0.29, 0.717) is 39.9 Å². The summed E-state index contributed by atoms with van der Waals surface area (Å²) in [7, 11) is 6.10. The van der Waals surface area contributed by atoms with Gasteiger partial charge in [0.05, 0.1) is 40.8 Å². The maximum atomic E-state index is 12.4. The highest BCUT2D eigenvalue weighted by Crippen LogP contribution is 2.37. The van der Waals surface area contributed by atoms with Crippen molar-refractivity contribution in [1.29, 1.82) is 0 Å². The fourth-order valence-electron chi connectivity index (χ4n) is 2.57. The number of carbonyl (C=O) groups excluding carboxylic acids is 1. The highest BCUT2D eigenvalue weighted by Gasteiger charge is 2.13. The van der Waals surface area contributed by atoms with Gasteiger partial charge in [0.15, 0.2) is 23.0 Å². The first-order valence-corrected chi connectivity index (χ1v) is 8.91. The summed E-state index contributed by atoms with van der Waals surface area (Å²) < 4.78 is 26.8. The third-order valence-corrected chi connectivity index (χ3v) is 3.86. The Hall–Kier alpha value is -3.42. The van der Waals surface area contributed by atoms with Crippen molar-refractivity contribution in [3.8, 4) is 28.7 Å². The summed E-state index contributed by atoms with van der Waals surface area (Å²) >= 11 is 0. The molecule has 8 heteroatoms. The molecule has 0 aliphatic heterocycles. The van der Waals surface area contributed by atoms with Gasteiger partial charge in [0.25, 0.3) is 5.91 Å². The van der Waals surface area contributed by atoms with E-state index < -0.39 is 0 Å². The summed E-state index contributed by atoms with van der Waals surface area (Å²) in [5.74, 6) is 2.12. The zero-order valence-corrected chi connectivity index (χ0v) is 17.4. The minimum atomic E-state index is -0.386. The lowest BCUT2D eigenvalue weighted by Gasteiger charge is -2.14. The van der Waals surface area contributed by atoms with Crippen LogP contribution in [-0.4, -0.2) is 46.7 Å². The van der Waals surface area contributed by atoms with Crippen molar-refractivity contribution in [1.82, 2.24) is 5.43 Å². The number of ether oxygens (including phenoxy) is 5. The summed E-state index contributed by atoms with van der Waals surface area (Å²) in [5.41, 5.74) is 3.54. The van der Waals surface area contributed by atoms with Crippen LogP contribution in [0.5, 0.6) is 28.7 Å². The molecule has 1 amide bonds. The highest BCUT2D eigenvalue weighted by molar-refractivity contribution is 5.95. The van der Waals surface area contributed by atoms with Crippen LogP contribution in [0.2, 0.25) is 0 Å². The number of benzene rings is 2. The van der Waals surface area contributed by atoms with Gasteiger partial charge in [0, 0.05) is 11.1 Å². The molecule has 0 heterocycles. The number of rotatable bonds is 9. The van der Waals surface area contributed by atoms with Crippen molar-refractivity contribution in [3.05, 3.63) is 41.5 Å². The molecule has 2 aromatic rings. The van der Waals surface area contributed by atoms with Gasteiger partial charge < -0.3 is 23.7 Å². The van der Waals surface area contributed by atoms with Crippen molar-refractivity contribution in [2.24, 2.45) is 5.10 Å². The standard InChI is InChI=1S/C21H26N2O6/c1-13(2)29-16-8-7-15(11-17(16)25-3)21(24)23-22-12-14-9-18(26-4)20(28-6)19(10-14)27-5/h7-13H,1-6H3,(H,23,24)/b22-12-. The van der Waals surface area contributed by atoms with Gasteiger partial charge in [0.1, 0.15) is 0 Å². The molecule has 8 nitrogen and oxygen atoms in total. The lowest BCUT2D eigenvalue weighted by molar-refractivity contribution is 0.0954. The SMILES string of the molecule is COc1cc(C(=O)N/N=C\c2cc(OC)c(OC)c(OC)c2)ccc1OC(C)C. The molecule has 29 heavy (non-hydrogen) atoms. The first kappa shape index (κ1) is 21.9. The molecule has 0 fully saturated rings. The monoisotopic (exact) mass is 402 g/mol. The number of nitrogens with one attached hydrogen (secondary N) is 1. The number of methoxy groups -OCH3 is 4. The number of amides is 1. The van der Waals surface area contributed by atoms with Crippen LogP contribution in [0.15, 0.2) is 35.4 Å². The molecule has 156 valence electrons. The molecule has 0 saturated heterocycles. The molecule has 1 N–H and O–H groups in total. The molecule has 0 bridgehead atoms. The lowest BCUT2D eigenvalue weighted by Crippen LogP contribution is -2.18. The minimum absolute atomic E-state index is 0.00773. The number of nitrogens with zero attached hydrogens (tertiary/aromatic N) is 1. The maximum Gasteiger partial charge on any atom is 0.271 e. The molecule has 2 rings (SSSR count). The number of hydrazone groups is 1. The smallest absolute Gasteiger partial charge is 0.271 e. The maximum absolute atomic E-state index is 12.4. The molecular formula is C21H26N2O6. The Labute approximate surface area is 170 Å². The van der Waals surface area contributed by atoms with Gasteiger partial charge in [-0.15, -0.1) is 0 Å². The van der Waals surface area contributed by atoms with E-state index in [1.54, 1.807) is 30.3 Å². The van der Waals surface area contributed by atoms with Crippen molar-refractivity contribution < 1.29 is 28.5 Å². The van der Waals surface area contributed by atoms with E-state index in [4.69, 9.17) is 23.7 Å². The molecule has 0 saturated carbocycles. The fourth-order valence-corrected chi connectivity index (χ4v) is 2.57. The third kappa shape index (κ3) is 5.54. The van der Waals surface area contributed by atoms with Crippen LogP contribution in [0.1, 0.15) is 29.8 Å². The van der Waals surface area contributed by atoms with Gasteiger partial charge in [0.2, 0.25) is 5.75 Å². The molecule has 0 unspecified atom stereocenters. The predicted octanol–water partition coefficient (Wildman–Crippen LogP) is 3.27. The summed E-state index contributed by atoms with van der Waals surface area (Å²) in [6.07, 6.45) is 1.47. The van der Waals surface area contributed by atoms with Crippen molar-refractivity contribution in [3.63, 3.8) is 0 Å². The van der Waals surface area contributed by atoms with Crippen LogP contribution >= 0.6 is 0 Å². The summed E-state index contributed by atoms with van der Waals surface area (Å²) in [6, 6.07) is 8.37. The van der Waals surface area contributed by atoms with Crippen LogP contribution < -0.4 is 29.1 Å². The lowest BCUT2D eigenvalue weighted by atomic mass is 10.2. The van der Waals surface area contributed by atoms with E-state index in [9.17, 15) is 4.79 Å². The highest BCUT2D eigenvalue weighted by atomic mass is 16.5. The van der Waals surface area contributed by atoms with Crippen molar-refractivity contribution >= 4 is 12.1 Å². The average Bonchev–Trinajstić information content (AvgIpc) is 2.72. The van der Waals surface area contributed by atoms with Crippen LogP contribution in [0.4, 0.5) is 0 Å². The van der Waals surface area contributed by atoms with E-state index >= 15 is 0 Å². The van der Waals surface area contributed by atoms with Gasteiger partial charge in [-0.3, -0.25) is 4.79 Å². The van der Waals surface area contributed by atoms with Crippen LogP contribution in [0.25, 0.3) is 0 Å². The number of carbonyl (C=O) groups is 1. The molecule has 0 aliphatic carbocycles. The molecule has 0 aliphatic rings. The van der Waals surface area contributed by atoms with Crippen molar-refractivity contribution in [2.75, 3.05) is 28.4 Å². The summed E-state index contributed by atoms with van der Waals surface area (Å²) in [5, 5.41) is 4.00. The Kier molecular flexibility index (Phi) is 7.70. The Morgan fingerprint density at radius 3 is 2.03 bits per heavy atom. The largest absolute Gasteiger partial charge is 0.493 e. The molecule has 0 spiro atoms. The second-order valence-corrected chi connectivity index (χ2v) is 6.19. The molecular weight excluding hydrogens is 376 g/mol. The second kappa shape index (κ2) is 10.2. The Morgan fingerprint density at radius 1 is 0.897 bits per heavy atom. The van der Waals surface area contributed by atoms with E-state index in [0.717, 1.165) is 0 Å². The topological polar surface area (TPSA) is 87.6 Å². The average molecular weight is 402 g/mol. The van der Waals surface area contributed by atoms with Crippen LogP contribution in [0, 0.1) is 0 Å². The Morgan fingerprint density at radius 2 is 1.52 bits per heavy atom. The summed E-state index contributed by atoms with van der Waals surface area (Å²) in [6.45, 7) is 3.83. The van der Waals surface area contributed by atoms with Crippen LogP contribution in [0.3, 0.4) is 0 Å². The van der Waals surface area contributed by atoms with Gasteiger partial charge in [-0.25, -0.2) is 5.43 Å². The van der Waals surface area contributed by atoms with Gasteiger partial charge in [-0.2, -0.15) is 5.10 Å². The van der Waals surface area contributed by atoms with E-state index in [1.165, 1.54) is 34.7 Å². The molecule has 0 atom stereocenters. The van der Waals surface area contributed by atoms with Crippen molar-refractivity contribution in [2.45, 2.75) is 20.0 Å². The van der Waals surface area contributed by atoms with Crippen LogP contribution in [-0.2, 0) is 0 Å². The Balaban J connectivity index is 2.15. The van der Waals surface area contributed by atoms with Gasteiger partial charge >= 0.3 is 0 Å². The number of hydrogen-bond donors (Lipinski definition) is 1. The molecule has 2 aromatic carbocycles. The zero-order valence-electron chi connectivity index (χ0n) is 17.4. The summed E-state index contributed by atoms with van der Waals surface area (Å²) in [4.78, 5) is 12.4. The third-order valence-electron chi connectivity index (χ3n) is 3.86. The quantitative estimate of drug-likeness (QED) is 0.512. The van der Waals surface area contributed by atoms with Gasteiger partial charge in [-0.05, 0) is 44.2 Å². The normalized spacial score (nSPS) is 10.7. The predicted molar refractivity (Wildman–Crippen MR) is 110 cm³/mol. The first-order chi connectivity index (χ1) is 13.9. The van der Waals surface area contributed by atoms with E-state index in [1.807, 2.05) is 13.8 Å². The minimum Gasteiger partial charge on any atom is -0.493 e.